The predicted molar refractivity (Wildman–Crippen MR) is 131 cm³/mol. The second-order valence-corrected chi connectivity index (χ2v) is 9.25. The van der Waals surface area contributed by atoms with Crippen LogP contribution in [0.1, 0.15) is 53.5 Å². The second kappa shape index (κ2) is 9.71. The van der Waals surface area contributed by atoms with E-state index in [9.17, 15) is 9.59 Å². The van der Waals surface area contributed by atoms with Gasteiger partial charge in [0.2, 0.25) is 5.91 Å². The normalized spacial score (nSPS) is 13.7. The molecule has 1 aliphatic heterocycles. The van der Waals surface area contributed by atoms with E-state index in [1.807, 2.05) is 64.1 Å². The van der Waals surface area contributed by atoms with Crippen LogP contribution in [0, 0.1) is 13.8 Å². The molecule has 0 fully saturated rings. The van der Waals surface area contributed by atoms with Gasteiger partial charge in [-0.05, 0) is 37.5 Å². The summed E-state index contributed by atoms with van der Waals surface area (Å²) in [5.41, 5.74) is 5.67. The number of nitrogens with one attached hydrogen (secondary N) is 1. The van der Waals surface area contributed by atoms with Crippen LogP contribution in [0.2, 0.25) is 0 Å². The number of hydrogen-bond donors (Lipinski definition) is 1. The molecule has 1 amide bonds. The largest absolute Gasteiger partial charge is 0.324 e. The number of fused-ring (bicyclic) bond motifs is 1. The summed E-state index contributed by atoms with van der Waals surface area (Å²) in [6.45, 7) is 10.3. The Morgan fingerprint density at radius 1 is 1.12 bits per heavy atom. The van der Waals surface area contributed by atoms with E-state index in [0.717, 1.165) is 41.2 Å². The maximum absolute atomic E-state index is 13.4. The third kappa shape index (κ3) is 5.22. The van der Waals surface area contributed by atoms with Crippen LogP contribution in [0.25, 0.3) is 0 Å². The maximum Gasteiger partial charge on any atom is 0.257 e. The average Bonchev–Trinajstić information content (AvgIpc) is 2.78. The van der Waals surface area contributed by atoms with Crippen LogP contribution in [0.15, 0.2) is 53.3 Å². The molecular formula is C27H32N4O2. The van der Waals surface area contributed by atoms with Gasteiger partial charge in [-0.3, -0.25) is 19.1 Å². The minimum Gasteiger partial charge on any atom is -0.324 e. The van der Waals surface area contributed by atoms with Crippen molar-refractivity contribution in [2.45, 2.75) is 59.7 Å². The monoisotopic (exact) mass is 444 g/mol. The van der Waals surface area contributed by atoms with E-state index >= 15 is 0 Å². The fraction of sp³-hybridized carbons (Fsp3) is 0.370. The number of rotatable bonds is 6. The van der Waals surface area contributed by atoms with Crippen LogP contribution in [0.4, 0.5) is 5.69 Å². The van der Waals surface area contributed by atoms with Gasteiger partial charge in [-0.15, -0.1) is 0 Å². The summed E-state index contributed by atoms with van der Waals surface area (Å²) < 4.78 is 1.56. The average molecular weight is 445 g/mol. The molecule has 0 unspecified atom stereocenters. The zero-order valence-electron chi connectivity index (χ0n) is 19.9. The Bertz CT molecular complexity index is 1210. The quantitative estimate of drug-likeness (QED) is 0.619. The molecule has 6 heteroatoms. The standard InChI is InChI=1S/C27H32N4O2/c1-18(2)26-29-24-16-30(15-21-8-6-5-7-9-21)13-12-22(24)27(33)31(26)17-25(32)28-23-11-10-19(3)14-20(23)4/h5-11,14,18H,12-13,15-17H2,1-4H3,(H,28,32). The molecule has 2 heterocycles. The molecular weight excluding hydrogens is 412 g/mol. The zero-order valence-corrected chi connectivity index (χ0v) is 19.9. The van der Waals surface area contributed by atoms with Gasteiger partial charge in [0.05, 0.1) is 5.69 Å². The van der Waals surface area contributed by atoms with Crippen molar-refractivity contribution in [2.24, 2.45) is 0 Å². The van der Waals surface area contributed by atoms with Gasteiger partial charge >= 0.3 is 0 Å². The van der Waals surface area contributed by atoms with Crippen molar-refractivity contribution in [1.29, 1.82) is 0 Å². The number of nitrogens with zero attached hydrogens (tertiary/aromatic N) is 3. The highest BCUT2D eigenvalue weighted by molar-refractivity contribution is 5.91. The summed E-state index contributed by atoms with van der Waals surface area (Å²) in [5, 5.41) is 2.96. The first-order valence-corrected chi connectivity index (χ1v) is 11.6. The van der Waals surface area contributed by atoms with Crippen LogP contribution >= 0.6 is 0 Å². The molecule has 6 nitrogen and oxygen atoms in total. The minimum absolute atomic E-state index is 0.0291. The molecule has 0 bridgehead atoms. The first kappa shape index (κ1) is 22.9. The van der Waals surface area contributed by atoms with Crippen molar-refractivity contribution < 1.29 is 4.79 Å². The summed E-state index contributed by atoms with van der Waals surface area (Å²) in [5.74, 6) is 0.478. The molecule has 0 aliphatic carbocycles. The van der Waals surface area contributed by atoms with E-state index in [-0.39, 0.29) is 23.9 Å². The molecule has 1 N–H and O–H groups in total. The topological polar surface area (TPSA) is 67.2 Å². The lowest BCUT2D eigenvalue weighted by atomic mass is 10.0. The summed E-state index contributed by atoms with van der Waals surface area (Å²) in [6.07, 6.45) is 0.644. The van der Waals surface area contributed by atoms with E-state index in [0.29, 0.717) is 18.8 Å². The van der Waals surface area contributed by atoms with E-state index in [2.05, 4.69) is 22.3 Å². The molecule has 172 valence electrons. The molecule has 0 radical (unpaired) electrons. The van der Waals surface area contributed by atoms with Crippen molar-refractivity contribution in [3.8, 4) is 0 Å². The molecule has 0 saturated heterocycles. The number of carbonyl (C=O) groups is 1. The number of amides is 1. The van der Waals surface area contributed by atoms with Gasteiger partial charge < -0.3 is 5.32 Å². The van der Waals surface area contributed by atoms with E-state index in [1.165, 1.54) is 5.56 Å². The Hall–Kier alpha value is -3.25. The van der Waals surface area contributed by atoms with Crippen molar-refractivity contribution in [2.75, 3.05) is 11.9 Å². The molecule has 0 atom stereocenters. The molecule has 33 heavy (non-hydrogen) atoms. The Morgan fingerprint density at radius 3 is 2.58 bits per heavy atom. The molecule has 0 spiro atoms. The van der Waals surface area contributed by atoms with Crippen LogP contribution in [-0.4, -0.2) is 26.9 Å². The third-order valence-corrected chi connectivity index (χ3v) is 6.15. The van der Waals surface area contributed by atoms with Crippen LogP contribution in [-0.2, 0) is 30.8 Å². The lowest BCUT2D eigenvalue weighted by Gasteiger charge is -2.29. The molecule has 1 aromatic heterocycles. The summed E-state index contributed by atoms with van der Waals surface area (Å²) in [6, 6.07) is 16.3. The number of hydrogen-bond acceptors (Lipinski definition) is 4. The molecule has 0 saturated carbocycles. The van der Waals surface area contributed by atoms with Gasteiger partial charge in [0.25, 0.3) is 5.56 Å². The molecule has 3 aromatic rings. The van der Waals surface area contributed by atoms with Crippen LogP contribution in [0.5, 0.6) is 0 Å². The third-order valence-electron chi connectivity index (χ3n) is 6.15. The summed E-state index contributed by atoms with van der Waals surface area (Å²) in [7, 11) is 0. The number of benzene rings is 2. The Balaban J connectivity index is 1.57. The maximum atomic E-state index is 13.4. The Labute approximate surface area is 195 Å². The smallest absolute Gasteiger partial charge is 0.257 e. The van der Waals surface area contributed by atoms with Gasteiger partial charge in [-0.1, -0.05) is 61.9 Å². The number of aryl methyl sites for hydroxylation is 2. The molecule has 2 aromatic carbocycles. The van der Waals surface area contributed by atoms with Gasteiger partial charge in [0, 0.05) is 36.8 Å². The Kier molecular flexibility index (Phi) is 6.75. The van der Waals surface area contributed by atoms with Gasteiger partial charge in [0.15, 0.2) is 0 Å². The number of aromatic nitrogens is 2. The second-order valence-electron chi connectivity index (χ2n) is 9.25. The number of anilines is 1. The Morgan fingerprint density at radius 2 is 1.88 bits per heavy atom. The van der Waals surface area contributed by atoms with Crippen molar-refractivity contribution >= 4 is 11.6 Å². The highest BCUT2D eigenvalue weighted by Crippen LogP contribution is 2.21. The first-order chi connectivity index (χ1) is 15.8. The fourth-order valence-corrected chi connectivity index (χ4v) is 4.46. The van der Waals surface area contributed by atoms with Crippen LogP contribution < -0.4 is 10.9 Å². The minimum atomic E-state index is -0.214. The highest BCUT2D eigenvalue weighted by Gasteiger charge is 2.25. The van der Waals surface area contributed by atoms with Crippen molar-refractivity contribution in [3.63, 3.8) is 0 Å². The highest BCUT2D eigenvalue weighted by atomic mass is 16.2. The fourth-order valence-electron chi connectivity index (χ4n) is 4.46. The summed E-state index contributed by atoms with van der Waals surface area (Å²) in [4.78, 5) is 33.5. The lowest BCUT2D eigenvalue weighted by molar-refractivity contribution is -0.116. The zero-order chi connectivity index (χ0) is 23.5. The van der Waals surface area contributed by atoms with E-state index in [1.54, 1.807) is 4.57 Å². The van der Waals surface area contributed by atoms with Gasteiger partial charge in [-0.25, -0.2) is 4.98 Å². The SMILES string of the molecule is Cc1ccc(NC(=O)Cn2c(C(C)C)nc3c(c2=O)CCN(Cc2ccccc2)C3)c(C)c1. The predicted octanol–water partition coefficient (Wildman–Crippen LogP) is 4.18. The van der Waals surface area contributed by atoms with E-state index in [4.69, 9.17) is 4.98 Å². The first-order valence-electron chi connectivity index (χ1n) is 11.6. The summed E-state index contributed by atoms with van der Waals surface area (Å²) >= 11 is 0. The number of carbonyl (C=O) groups excluding carboxylic acids is 1. The molecule has 4 rings (SSSR count). The van der Waals surface area contributed by atoms with Crippen LogP contribution in [0.3, 0.4) is 0 Å². The van der Waals surface area contributed by atoms with Gasteiger partial charge in [-0.2, -0.15) is 0 Å². The lowest BCUT2D eigenvalue weighted by Crippen LogP contribution is -2.40. The molecule has 1 aliphatic rings. The van der Waals surface area contributed by atoms with E-state index < -0.39 is 0 Å². The van der Waals surface area contributed by atoms with Gasteiger partial charge in [0.1, 0.15) is 12.4 Å². The van der Waals surface area contributed by atoms with Crippen molar-refractivity contribution in [3.05, 3.63) is 92.7 Å². The van der Waals surface area contributed by atoms with Crippen molar-refractivity contribution in [1.82, 2.24) is 14.5 Å².